The number of aromatic nitrogens is 1. The topological polar surface area (TPSA) is 69.8 Å². The molecule has 21 heavy (non-hydrogen) atoms. The first-order valence-electron chi connectivity index (χ1n) is 7.24. The van der Waals surface area contributed by atoms with E-state index in [0.717, 1.165) is 25.3 Å². The SMILES string of the molecule is COCCCN(CCOC)c1ccc(N)c(OC(C)C)n1. The minimum absolute atomic E-state index is 0.0379. The van der Waals surface area contributed by atoms with Crippen LogP contribution in [0, 0.1) is 0 Å². The smallest absolute Gasteiger partial charge is 0.239 e. The van der Waals surface area contributed by atoms with Gasteiger partial charge in [-0.15, -0.1) is 0 Å². The monoisotopic (exact) mass is 297 g/mol. The van der Waals surface area contributed by atoms with E-state index in [1.54, 1.807) is 14.2 Å². The van der Waals surface area contributed by atoms with Gasteiger partial charge in [0.1, 0.15) is 5.82 Å². The maximum absolute atomic E-state index is 5.91. The summed E-state index contributed by atoms with van der Waals surface area (Å²) in [6.45, 7) is 6.87. The van der Waals surface area contributed by atoms with Gasteiger partial charge in [-0.05, 0) is 32.4 Å². The Balaban J connectivity index is 2.84. The summed E-state index contributed by atoms with van der Waals surface area (Å²) in [4.78, 5) is 6.67. The second-order valence-electron chi connectivity index (χ2n) is 5.06. The summed E-state index contributed by atoms with van der Waals surface area (Å²) in [7, 11) is 3.40. The molecule has 120 valence electrons. The largest absolute Gasteiger partial charge is 0.473 e. The Hall–Kier alpha value is -1.53. The Morgan fingerprint density at radius 1 is 1.14 bits per heavy atom. The molecule has 1 aromatic heterocycles. The van der Waals surface area contributed by atoms with Crippen LogP contribution in [-0.4, -0.2) is 51.6 Å². The van der Waals surface area contributed by atoms with Gasteiger partial charge in [-0.3, -0.25) is 0 Å². The van der Waals surface area contributed by atoms with Gasteiger partial charge in [0.15, 0.2) is 0 Å². The summed E-state index contributed by atoms with van der Waals surface area (Å²) in [5, 5.41) is 0. The number of ether oxygens (including phenoxy) is 3. The summed E-state index contributed by atoms with van der Waals surface area (Å²) in [5.74, 6) is 1.32. The summed E-state index contributed by atoms with van der Waals surface area (Å²) >= 11 is 0. The molecule has 0 fully saturated rings. The number of methoxy groups -OCH3 is 2. The van der Waals surface area contributed by atoms with E-state index in [9.17, 15) is 0 Å². The van der Waals surface area contributed by atoms with E-state index < -0.39 is 0 Å². The van der Waals surface area contributed by atoms with E-state index in [4.69, 9.17) is 19.9 Å². The first-order valence-corrected chi connectivity index (χ1v) is 7.24. The molecule has 0 amide bonds. The lowest BCUT2D eigenvalue weighted by molar-refractivity contribution is 0.190. The average molecular weight is 297 g/mol. The molecular weight excluding hydrogens is 270 g/mol. The van der Waals surface area contributed by atoms with Gasteiger partial charge in [-0.25, -0.2) is 0 Å². The highest BCUT2D eigenvalue weighted by Gasteiger charge is 2.12. The summed E-state index contributed by atoms with van der Waals surface area (Å²) in [6, 6.07) is 3.74. The number of anilines is 2. The van der Waals surface area contributed by atoms with E-state index in [-0.39, 0.29) is 6.10 Å². The molecule has 0 saturated heterocycles. The number of nitrogens with zero attached hydrogens (tertiary/aromatic N) is 2. The number of hydrogen-bond donors (Lipinski definition) is 1. The zero-order valence-corrected chi connectivity index (χ0v) is 13.5. The van der Waals surface area contributed by atoms with Crippen LogP contribution in [-0.2, 0) is 9.47 Å². The van der Waals surface area contributed by atoms with Crippen molar-refractivity contribution in [3.8, 4) is 5.88 Å². The molecule has 0 atom stereocenters. The second kappa shape index (κ2) is 9.41. The number of rotatable bonds is 10. The van der Waals surface area contributed by atoms with E-state index in [0.29, 0.717) is 24.8 Å². The molecule has 1 aromatic rings. The molecular formula is C15H27N3O3. The third-order valence-electron chi connectivity index (χ3n) is 2.89. The minimum atomic E-state index is 0.0379. The molecule has 0 aliphatic rings. The number of nitrogen functional groups attached to an aromatic ring is 1. The summed E-state index contributed by atoms with van der Waals surface area (Å²) in [6.07, 6.45) is 0.961. The molecule has 0 bridgehead atoms. The molecule has 0 spiro atoms. The van der Waals surface area contributed by atoms with Crippen LogP contribution in [0.5, 0.6) is 5.88 Å². The van der Waals surface area contributed by atoms with Crippen molar-refractivity contribution in [3.05, 3.63) is 12.1 Å². The van der Waals surface area contributed by atoms with Crippen molar-refractivity contribution in [2.24, 2.45) is 0 Å². The van der Waals surface area contributed by atoms with Gasteiger partial charge in [0.05, 0.1) is 18.4 Å². The molecule has 1 heterocycles. The van der Waals surface area contributed by atoms with E-state index in [2.05, 4.69) is 9.88 Å². The number of pyridine rings is 1. The fourth-order valence-corrected chi connectivity index (χ4v) is 1.88. The molecule has 0 unspecified atom stereocenters. The van der Waals surface area contributed by atoms with Crippen molar-refractivity contribution in [1.82, 2.24) is 4.98 Å². The first kappa shape index (κ1) is 17.5. The molecule has 6 heteroatoms. The average Bonchev–Trinajstić information content (AvgIpc) is 2.45. The maximum Gasteiger partial charge on any atom is 0.239 e. The molecule has 0 radical (unpaired) electrons. The van der Waals surface area contributed by atoms with Gasteiger partial charge in [-0.1, -0.05) is 0 Å². The van der Waals surface area contributed by atoms with E-state index >= 15 is 0 Å². The second-order valence-corrected chi connectivity index (χ2v) is 5.06. The van der Waals surface area contributed by atoms with Crippen LogP contribution >= 0.6 is 0 Å². The molecule has 6 nitrogen and oxygen atoms in total. The third kappa shape index (κ3) is 6.18. The quantitative estimate of drug-likeness (QED) is 0.666. The van der Waals surface area contributed by atoms with Gasteiger partial charge in [0.25, 0.3) is 0 Å². The first-order chi connectivity index (χ1) is 10.1. The van der Waals surface area contributed by atoms with Gasteiger partial charge in [0.2, 0.25) is 5.88 Å². The van der Waals surface area contributed by atoms with Crippen LogP contribution in [0.4, 0.5) is 11.5 Å². The molecule has 0 aromatic carbocycles. The standard InChI is InChI=1S/C15H27N3O3/c1-12(2)21-15-13(16)6-7-14(17-15)18(9-11-20-4)8-5-10-19-3/h6-7,12H,5,8-11,16H2,1-4H3. The van der Waals surface area contributed by atoms with Crippen molar-refractivity contribution < 1.29 is 14.2 Å². The van der Waals surface area contributed by atoms with Crippen LogP contribution in [0.2, 0.25) is 0 Å². The van der Waals surface area contributed by atoms with Gasteiger partial charge in [-0.2, -0.15) is 4.98 Å². The van der Waals surface area contributed by atoms with Crippen LogP contribution in [0.3, 0.4) is 0 Å². The van der Waals surface area contributed by atoms with Crippen LogP contribution in [0.1, 0.15) is 20.3 Å². The Morgan fingerprint density at radius 3 is 2.48 bits per heavy atom. The molecule has 0 aliphatic carbocycles. The molecule has 1 rings (SSSR count). The van der Waals surface area contributed by atoms with Crippen LogP contribution in [0.15, 0.2) is 12.1 Å². The van der Waals surface area contributed by atoms with Gasteiger partial charge < -0.3 is 24.8 Å². The van der Waals surface area contributed by atoms with Crippen molar-refractivity contribution in [2.75, 3.05) is 51.2 Å². The Bertz CT molecular complexity index is 413. The highest BCUT2D eigenvalue weighted by Crippen LogP contribution is 2.24. The van der Waals surface area contributed by atoms with Gasteiger partial charge in [0, 0.05) is 33.9 Å². The lowest BCUT2D eigenvalue weighted by atomic mass is 10.3. The van der Waals surface area contributed by atoms with Crippen molar-refractivity contribution in [1.29, 1.82) is 0 Å². The summed E-state index contributed by atoms with van der Waals surface area (Å²) in [5.41, 5.74) is 6.46. The zero-order chi connectivity index (χ0) is 15.7. The van der Waals surface area contributed by atoms with Crippen LogP contribution < -0.4 is 15.4 Å². The highest BCUT2D eigenvalue weighted by atomic mass is 16.5. The maximum atomic E-state index is 5.91. The molecule has 2 N–H and O–H groups in total. The van der Waals surface area contributed by atoms with Crippen molar-refractivity contribution in [2.45, 2.75) is 26.4 Å². The predicted octanol–water partition coefficient (Wildman–Crippen LogP) is 1.94. The Labute approximate surface area is 127 Å². The fraction of sp³-hybridized carbons (Fsp3) is 0.667. The number of nitrogens with two attached hydrogens (primary N) is 1. The molecule has 0 aliphatic heterocycles. The predicted molar refractivity (Wildman–Crippen MR) is 85.0 cm³/mol. The fourth-order valence-electron chi connectivity index (χ4n) is 1.88. The van der Waals surface area contributed by atoms with E-state index in [1.807, 2.05) is 26.0 Å². The van der Waals surface area contributed by atoms with Crippen molar-refractivity contribution in [3.63, 3.8) is 0 Å². The van der Waals surface area contributed by atoms with Crippen LogP contribution in [0.25, 0.3) is 0 Å². The van der Waals surface area contributed by atoms with E-state index in [1.165, 1.54) is 0 Å². The lowest BCUT2D eigenvalue weighted by Crippen LogP contribution is -2.30. The zero-order valence-electron chi connectivity index (χ0n) is 13.5. The normalized spacial score (nSPS) is 10.9. The highest BCUT2D eigenvalue weighted by molar-refractivity contribution is 5.54. The Kier molecular flexibility index (Phi) is 7.85. The Morgan fingerprint density at radius 2 is 1.86 bits per heavy atom. The molecule has 0 saturated carbocycles. The number of hydrogen-bond acceptors (Lipinski definition) is 6. The summed E-state index contributed by atoms with van der Waals surface area (Å²) < 4.78 is 15.9. The minimum Gasteiger partial charge on any atom is -0.473 e. The third-order valence-corrected chi connectivity index (χ3v) is 2.89. The van der Waals surface area contributed by atoms with Crippen molar-refractivity contribution >= 4 is 11.5 Å². The lowest BCUT2D eigenvalue weighted by Gasteiger charge is -2.24. The van der Waals surface area contributed by atoms with Gasteiger partial charge >= 0.3 is 0 Å².